The molecule has 1 fully saturated rings. The molecule has 1 aromatic carbocycles. The van der Waals surface area contributed by atoms with Gasteiger partial charge in [-0.05, 0) is 25.0 Å². The Bertz CT molecular complexity index is 392. The second-order valence-corrected chi connectivity index (χ2v) is 5.44. The van der Waals surface area contributed by atoms with Crippen molar-refractivity contribution >= 4 is 16.9 Å². The molecule has 1 aliphatic heterocycles. The van der Waals surface area contributed by atoms with Crippen LogP contribution < -0.4 is 10.5 Å². The standard InChI is InChI=1S/C14H20N2O2S/c15-14(16-11-13-7-4-8-17-13)19-10-9-18-12-5-2-1-3-6-12/h1-3,5-6,13H,4,7-11H2,(H2,15,16)/t13-/m0/s1. The number of thioether (sulfide) groups is 1. The fourth-order valence-electron chi connectivity index (χ4n) is 1.85. The Morgan fingerprint density at radius 3 is 3.00 bits per heavy atom. The van der Waals surface area contributed by atoms with Gasteiger partial charge in [0.05, 0.1) is 19.3 Å². The lowest BCUT2D eigenvalue weighted by Gasteiger charge is -2.07. The molecule has 104 valence electrons. The Morgan fingerprint density at radius 2 is 2.26 bits per heavy atom. The molecule has 0 amide bonds. The average molecular weight is 280 g/mol. The van der Waals surface area contributed by atoms with Crippen molar-refractivity contribution in [3.05, 3.63) is 30.3 Å². The summed E-state index contributed by atoms with van der Waals surface area (Å²) in [7, 11) is 0. The molecule has 2 rings (SSSR count). The molecule has 1 heterocycles. The molecule has 0 aliphatic carbocycles. The molecule has 0 saturated carbocycles. The highest BCUT2D eigenvalue weighted by molar-refractivity contribution is 8.13. The van der Waals surface area contributed by atoms with E-state index in [4.69, 9.17) is 15.2 Å². The monoisotopic (exact) mass is 280 g/mol. The van der Waals surface area contributed by atoms with Crippen molar-refractivity contribution < 1.29 is 9.47 Å². The molecule has 4 nitrogen and oxygen atoms in total. The van der Waals surface area contributed by atoms with E-state index in [0.717, 1.165) is 31.0 Å². The minimum atomic E-state index is 0.264. The highest BCUT2D eigenvalue weighted by atomic mass is 32.2. The van der Waals surface area contributed by atoms with E-state index in [1.807, 2.05) is 30.3 Å². The van der Waals surface area contributed by atoms with Gasteiger partial charge in [0.1, 0.15) is 5.75 Å². The first-order valence-corrected chi connectivity index (χ1v) is 7.55. The van der Waals surface area contributed by atoms with Gasteiger partial charge >= 0.3 is 0 Å². The van der Waals surface area contributed by atoms with Crippen LogP contribution in [0.1, 0.15) is 12.8 Å². The topological polar surface area (TPSA) is 56.8 Å². The molecule has 0 spiro atoms. The van der Waals surface area contributed by atoms with Gasteiger partial charge < -0.3 is 15.2 Å². The largest absolute Gasteiger partial charge is 0.493 e. The van der Waals surface area contributed by atoms with Crippen LogP contribution in [-0.2, 0) is 4.74 Å². The number of para-hydroxylation sites is 1. The highest BCUT2D eigenvalue weighted by Crippen LogP contribution is 2.13. The van der Waals surface area contributed by atoms with Crippen LogP contribution in [-0.4, -0.2) is 36.8 Å². The molecule has 1 aliphatic rings. The Hall–Kier alpha value is -1.20. The Balaban J connectivity index is 1.58. The summed E-state index contributed by atoms with van der Waals surface area (Å²) >= 11 is 1.53. The van der Waals surface area contributed by atoms with Gasteiger partial charge in [-0.25, -0.2) is 0 Å². The normalized spacial score (nSPS) is 19.6. The molecule has 1 atom stereocenters. The fourth-order valence-corrected chi connectivity index (χ4v) is 2.39. The van der Waals surface area contributed by atoms with E-state index in [1.165, 1.54) is 11.8 Å². The molecular weight excluding hydrogens is 260 g/mol. The molecule has 19 heavy (non-hydrogen) atoms. The number of hydrogen-bond acceptors (Lipinski definition) is 4. The number of ether oxygens (including phenoxy) is 2. The third-order valence-corrected chi connectivity index (χ3v) is 3.62. The summed E-state index contributed by atoms with van der Waals surface area (Å²) in [5.74, 6) is 1.69. The summed E-state index contributed by atoms with van der Waals surface area (Å²) < 4.78 is 11.1. The summed E-state index contributed by atoms with van der Waals surface area (Å²) in [4.78, 5) is 4.33. The maximum atomic E-state index is 5.83. The Kier molecular flexibility index (Phi) is 6.04. The number of benzene rings is 1. The Morgan fingerprint density at radius 1 is 1.42 bits per heavy atom. The number of aliphatic imine (C=N–C) groups is 1. The summed E-state index contributed by atoms with van der Waals surface area (Å²) in [6, 6.07) is 9.77. The van der Waals surface area contributed by atoms with Crippen LogP contribution in [0.4, 0.5) is 0 Å². The van der Waals surface area contributed by atoms with Gasteiger partial charge in [-0.2, -0.15) is 0 Å². The summed E-state index contributed by atoms with van der Waals surface area (Å²) in [6.07, 6.45) is 2.50. The van der Waals surface area contributed by atoms with Crippen LogP contribution in [0.3, 0.4) is 0 Å². The predicted octanol–water partition coefficient (Wildman–Crippen LogP) is 2.29. The van der Waals surface area contributed by atoms with Crippen LogP contribution in [0.2, 0.25) is 0 Å². The van der Waals surface area contributed by atoms with Crippen LogP contribution in [0.25, 0.3) is 0 Å². The summed E-state index contributed by atoms with van der Waals surface area (Å²) in [6.45, 7) is 2.17. The molecule has 1 aromatic rings. The molecule has 0 bridgehead atoms. The lowest BCUT2D eigenvalue weighted by atomic mass is 10.2. The van der Waals surface area contributed by atoms with Gasteiger partial charge in [-0.1, -0.05) is 30.0 Å². The van der Waals surface area contributed by atoms with Crippen LogP contribution >= 0.6 is 11.8 Å². The number of nitrogens with zero attached hydrogens (tertiary/aromatic N) is 1. The van der Waals surface area contributed by atoms with E-state index in [2.05, 4.69) is 4.99 Å². The van der Waals surface area contributed by atoms with Crippen molar-refractivity contribution in [1.29, 1.82) is 0 Å². The Labute approximate surface area is 118 Å². The van der Waals surface area contributed by atoms with Gasteiger partial charge in [0, 0.05) is 12.4 Å². The maximum absolute atomic E-state index is 5.83. The third kappa shape index (κ3) is 5.53. The van der Waals surface area contributed by atoms with Crippen LogP contribution in [0, 0.1) is 0 Å². The van der Waals surface area contributed by atoms with E-state index in [1.54, 1.807) is 0 Å². The van der Waals surface area contributed by atoms with Gasteiger partial charge in [-0.3, -0.25) is 4.99 Å². The average Bonchev–Trinajstić information content (AvgIpc) is 2.96. The number of rotatable bonds is 6. The summed E-state index contributed by atoms with van der Waals surface area (Å²) in [5, 5.41) is 0.618. The molecule has 0 unspecified atom stereocenters. The minimum Gasteiger partial charge on any atom is -0.493 e. The molecule has 1 saturated heterocycles. The fraction of sp³-hybridized carbons (Fsp3) is 0.500. The first-order valence-electron chi connectivity index (χ1n) is 6.57. The van der Waals surface area contributed by atoms with E-state index < -0.39 is 0 Å². The first kappa shape index (κ1) is 14.2. The molecular formula is C14H20N2O2S. The van der Waals surface area contributed by atoms with Crippen LogP contribution in [0.5, 0.6) is 5.75 Å². The van der Waals surface area contributed by atoms with E-state index >= 15 is 0 Å². The van der Waals surface area contributed by atoms with E-state index in [0.29, 0.717) is 18.3 Å². The quantitative estimate of drug-likeness (QED) is 0.493. The van der Waals surface area contributed by atoms with Gasteiger partial charge in [0.2, 0.25) is 0 Å². The zero-order valence-electron chi connectivity index (χ0n) is 11.0. The first-order chi connectivity index (χ1) is 9.34. The number of hydrogen-bond donors (Lipinski definition) is 1. The third-order valence-electron chi connectivity index (χ3n) is 2.82. The van der Waals surface area contributed by atoms with E-state index in [9.17, 15) is 0 Å². The minimum absolute atomic E-state index is 0.264. The smallest absolute Gasteiger partial charge is 0.154 e. The van der Waals surface area contributed by atoms with Gasteiger partial charge in [-0.15, -0.1) is 0 Å². The SMILES string of the molecule is NC(=NC[C@@H]1CCCO1)SCCOc1ccccc1. The zero-order chi connectivity index (χ0) is 13.3. The number of nitrogens with two attached hydrogens (primary N) is 1. The maximum Gasteiger partial charge on any atom is 0.154 e. The van der Waals surface area contributed by atoms with Crippen molar-refractivity contribution in [2.45, 2.75) is 18.9 Å². The van der Waals surface area contributed by atoms with Crippen molar-refractivity contribution in [3.8, 4) is 5.75 Å². The lowest BCUT2D eigenvalue weighted by molar-refractivity contribution is 0.118. The summed E-state index contributed by atoms with van der Waals surface area (Å²) in [5.41, 5.74) is 5.83. The second-order valence-electron chi connectivity index (χ2n) is 4.32. The van der Waals surface area contributed by atoms with Crippen molar-refractivity contribution in [2.75, 3.05) is 25.5 Å². The second kappa shape index (κ2) is 8.07. The molecule has 2 N–H and O–H groups in total. The molecule has 5 heteroatoms. The highest BCUT2D eigenvalue weighted by Gasteiger charge is 2.14. The number of amidine groups is 1. The predicted molar refractivity (Wildman–Crippen MR) is 79.9 cm³/mol. The molecule has 0 aromatic heterocycles. The van der Waals surface area contributed by atoms with Gasteiger partial charge in [0.15, 0.2) is 5.17 Å². The van der Waals surface area contributed by atoms with Crippen LogP contribution in [0.15, 0.2) is 35.3 Å². The molecule has 0 radical (unpaired) electrons. The van der Waals surface area contributed by atoms with Crippen molar-refractivity contribution in [3.63, 3.8) is 0 Å². The zero-order valence-corrected chi connectivity index (χ0v) is 11.8. The lowest BCUT2D eigenvalue weighted by Crippen LogP contribution is -2.15. The van der Waals surface area contributed by atoms with Gasteiger partial charge in [0.25, 0.3) is 0 Å². The van der Waals surface area contributed by atoms with E-state index in [-0.39, 0.29) is 6.10 Å². The van der Waals surface area contributed by atoms with Crippen molar-refractivity contribution in [2.24, 2.45) is 10.7 Å². The van der Waals surface area contributed by atoms with Crippen molar-refractivity contribution in [1.82, 2.24) is 0 Å².